The van der Waals surface area contributed by atoms with Gasteiger partial charge in [0, 0.05) is 35.7 Å². The molecule has 0 saturated heterocycles. The maximum Gasteiger partial charge on any atom is 0.256 e. The number of nitrogens with zero attached hydrogens (tertiary/aromatic N) is 1. The van der Waals surface area contributed by atoms with Crippen molar-refractivity contribution < 1.29 is 9.59 Å². The second kappa shape index (κ2) is 9.52. The van der Waals surface area contributed by atoms with Gasteiger partial charge in [0.05, 0.1) is 11.1 Å². The predicted octanol–water partition coefficient (Wildman–Crippen LogP) is 4.32. The average molecular weight is 423 g/mol. The highest BCUT2D eigenvalue weighted by Crippen LogP contribution is 2.35. The maximum atomic E-state index is 12.8. The summed E-state index contributed by atoms with van der Waals surface area (Å²) in [5.41, 5.74) is 6.64. The fraction of sp³-hybridized carbons (Fsp3) is 0.440. The van der Waals surface area contributed by atoms with E-state index in [9.17, 15) is 9.59 Å². The van der Waals surface area contributed by atoms with Crippen molar-refractivity contribution in [1.82, 2.24) is 15.2 Å². The molecule has 166 valence electrons. The van der Waals surface area contributed by atoms with Crippen LogP contribution in [0, 0.1) is 13.8 Å². The quantitative estimate of drug-likeness (QED) is 0.555. The molecule has 2 amide bonds. The Labute approximate surface area is 185 Å². The fourth-order valence-corrected chi connectivity index (χ4v) is 4.07. The summed E-state index contributed by atoms with van der Waals surface area (Å²) in [5.74, 6) is 0.194. The van der Waals surface area contributed by atoms with Gasteiger partial charge in [-0.05, 0) is 56.1 Å². The Morgan fingerprint density at radius 3 is 2.55 bits per heavy atom. The molecule has 0 fully saturated rings. The van der Waals surface area contributed by atoms with E-state index in [-0.39, 0.29) is 11.8 Å². The zero-order valence-electron chi connectivity index (χ0n) is 19.5. The molecule has 1 aliphatic rings. The normalized spacial score (nSPS) is 14.5. The number of aromatic nitrogens is 1. The maximum absolute atomic E-state index is 12.8. The highest BCUT2D eigenvalue weighted by Gasteiger charge is 2.26. The van der Waals surface area contributed by atoms with Gasteiger partial charge in [-0.3, -0.25) is 9.59 Å². The molecular weight excluding hydrogens is 388 g/mol. The van der Waals surface area contributed by atoms with Crippen molar-refractivity contribution in [2.75, 3.05) is 31.5 Å². The highest BCUT2D eigenvalue weighted by atomic mass is 16.2. The van der Waals surface area contributed by atoms with Crippen LogP contribution < -0.4 is 10.6 Å². The Bertz CT molecular complexity index is 1010. The van der Waals surface area contributed by atoms with Crippen molar-refractivity contribution in [3.8, 4) is 0 Å². The van der Waals surface area contributed by atoms with Crippen LogP contribution in [-0.4, -0.2) is 47.9 Å². The Morgan fingerprint density at radius 1 is 1.19 bits per heavy atom. The first-order valence-corrected chi connectivity index (χ1v) is 11.1. The number of hydrogen-bond donors (Lipinski definition) is 3. The Balaban J connectivity index is 1.83. The first-order chi connectivity index (χ1) is 14.8. The SMILES string of the molecule is CCN(CC)CCNC(=O)c1c(C)[nH]c(/C=C2\C(=O)Nc3cc(C(C)C)ccc32)c1C. The highest BCUT2D eigenvalue weighted by molar-refractivity contribution is 6.35. The van der Waals surface area contributed by atoms with Gasteiger partial charge in [-0.1, -0.05) is 39.8 Å². The van der Waals surface area contributed by atoms with E-state index < -0.39 is 0 Å². The van der Waals surface area contributed by atoms with Gasteiger partial charge in [-0.25, -0.2) is 0 Å². The standard InChI is InChI=1S/C25H34N4O2/c1-7-29(8-2)12-11-26-25(31)23-16(5)21(27-17(23)6)14-20-19-10-9-18(15(3)4)13-22(19)28-24(20)30/h9-10,13-15,27H,7-8,11-12H2,1-6H3,(H,26,31)(H,28,30)/b20-14-. The molecule has 0 atom stereocenters. The molecular formula is C25H34N4O2. The second-order valence-corrected chi connectivity index (χ2v) is 8.42. The van der Waals surface area contributed by atoms with Crippen LogP contribution in [0.25, 0.3) is 11.6 Å². The van der Waals surface area contributed by atoms with Gasteiger partial charge in [0.15, 0.2) is 0 Å². The molecule has 2 heterocycles. The molecule has 1 aliphatic heterocycles. The fourth-order valence-electron chi connectivity index (χ4n) is 4.07. The van der Waals surface area contributed by atoms with E-state index in [4.69, 9.17) is 0 Å². The summed E-state index contributed by atoms with van der Waals surface area (Å²) in [4.78, 5) is 31.0. The zero-order chi connectivity index (χ0) is 22.7. The number of rotatable bonds is 8. The van der Waals surface area contributed by atoms with E-state index in [1.165, 1.54) is 5.56 Å². The van der Waals surface area contributed by atoms with Gasteiger partial charge in [0.2, 0.25) is 0 Å². The van der Waals surface area contributed by atoms with E-state index in [0.717, 1.165) is 47.8 Å². The summed E-state index contributed by atoms with van der Waals surface area (Å²) in [5, 5.41) is 6.00. The summed E-state index contributed by atoms with van der Waals surface area (Å²) in [6, 6.07) is 6.11. The number of nitrogens with one attached hydrogen (secondary N) is 3. The lowest BCUT2D eigenvalue weighted by Crippen LogP contribution is -2.35. The summed E-state index contributed by atoms with van der Waals surface area (Å²) >= 11 is 0. The third-order valence-corrected chi connectivity index (χ3v) is 6.09. The van der Waals surface area contributed by atoms with Crippen LogP contribution in [0.1, 0.15) is 72.0 Å². The van der Waals surface area contributed by atoms with Crippen molar-refractivity contribution in [3.05, 3.63) is 51.8 Å². The first kappa shape index (κ1) is 22.8. The van der Waals surface area contributed by atoms with Crippen LogP contribution in [0.2, 0.25) is 0 Å². The van der Waals surface area contributed by atoms with Crippen LogP contribution in [0.3, 0.4) is 0 Å². The van der Waals surface area contributed by atoms with Crippen molar-refractivity contribution in [2.45, 2.75) is 47.5 Å². The Morgan fingerprint density at radius 2 is 1.90 bits per heavy atom. The molecule has 3 rings (SSSR count). The van der Waals surface area contributed by atoms with Crippen LogP contribution in [0.4, 0.5) is 5.69 Å². The van der Waals surface area contributed by atoms with Crippen LogP contribution in [0.15, 0.2) is 18.2 Å². The molecule has 1 aromatic heterocycles. The van der Waals surface area contributed by atoms with E-state index in [1.54, 1.807) is 0 Å². The lowest BCUT2D eigenvalue weighted by molar-refractivity contribution is -0.110. The number of hydrogen-bond acceptors (Lipinski definition) is 3. The molecule has 0 bridgehead atoms. The molecule has 0 spiro atoms. The lowest BCUT2D eigenvalue weighted by atomic mass is 9.98. The molecule has 6 heteroatoms. The minimum absolute atomic E-state index is 0.0825. The minimum atomic E-state index is -0.118. The Hall–Kier alpha value is -2.86. The van der Waals surface area contributed by atoms with Gasteiger partial charge in [-0.2, -0.15) is 0 Å². The second-order valence-electron chi connectivity index (χ2n) is 8.42. The molecule has 31 heavy (non-hydrogen) atoms. The van der Waals surface area contributed by atoms with Gasteiger partial charge in [0.1, 0.15) is 0 Å². The van der Waals surface area contributed by atoms with E-state index in [0.29, 0.717) is 23.6 Å². The molecule has 1 aromatic carbocycles. The lowest BCUT2D eigenvalue weighted by Gasteiger charge is -2.18. The van der Waals surface area contributed by atoms with Crippen molar-refractivity contribution >= 4 is 29.2 Å². The first-order valence-electron chi connectivity index (χ1n) is 11.1. The van der Waals surface area contributed by atoms with Crippen molar-refractivity contribution in [3.63, 3.8) is 0 Å². The molecule has 0 saturated carbocycles. The smallest absolute Gasteiger partial charge is 0.256 e. The van der Waals surface area contributed by atoms with Crippen LogP contribution in [0.5, 0.6) is 0 Å². The zero-order valence-corrected chi connectivity index (χ0v) is 19.5. The van der Waals surface area contributed by atoms with Gasteiger partial charge in [0.25, 0.3) is 11.8 Å². The van der Waals surface area contributed by atoms with Crippen molar-refractivity contribution in [1.29, 1.82) is 0 Å². The molecule has 3 N–H and O–H groups in total. The summed E-state index contributed by atoms with van der Waals surface area (Å²) in [7, 11) is 0. The van der Waals surface area contributed by atoms with Crippen LogP contribution in [-0.2, 0) is 4.79 Å². The number of likely N-dealkylation sites (N-methyl/N-ethyl adjacent to an activating group) is 1. The van der Waals surface area contributed by atoms with E-state index >= 15 is 0 Å². The number of carbonyl (C=O) groups is 2. The average Bonchev–Trinajstić information content (AvgIpc) is 3.20. The monoisotopic (exact) mass is 422 g/mol. The number of aromatic amines is 1. The van der Waals surface area contributed by atoms with Gasteiger partial charge in [-0.15, -0.1) is 0 Å². The van der Waals surface area contributed by atoms with Crippen molar-refractivity contribution in [2.24, 2.45) is 0 Å². The largest absolute Gasteiger partial charge is 0.358 e. The molecule has 0 radical (unpaired) electrons. The third kappa shape index (κ3) is 4.74. The minimum Gasteiger partial charge on any atom is -0.358 e. The Kier molecular flexibility index (Phi) is 7.01. The number of carbonyl (C=O) groups excluding carboxylic acids is 2. The number of anilines is 1. The topological polar surface area (TPSA) is 77.2 Å². The number of fused-ring (bicyclic) bond motifs is 1. The molecule has 0 aliphatic carbocycles. The third-order valence-electron chi connectivity index (χ3n) is 6.09. The molecule has 6 nitrogen and oxygen atoms in total. The summed E-state index contributed by atoms with van der Waals surface area (Å²) < 4.78 is 0. The number of benzene rings is 1. The molecule has 0 unspecified atom stereocenters. The van der Waals surface area contributed by atoms with E-state index in [2.05, 4.69) is 54.3 Å². The van der Waals surface area contributed by atoms with Crippen LogP contribution >= 0.6 is 0 Å². The van der Waals surface area contributed by atoms with Gasteiger partial charge >= 0.3 is 0 Å². The van der Waals surface area contributed by atoms with E-state index in [1.807, 2.05) is 32.1 Å². The summed E-state index contributed by atoms with van der Waals surface area (Å²) in [6.45, 7) is 15.7. The van der Waals surface area contributed by atoms with Gasteiger partial charge < -0.3 is 20.5 Å². The molecule has 2 aromatic rings. The predicted molar refractivity (Wildman–Crippen MR) is 127 cm³/mol. The summed E-state index contributed by atoms with van der Waals surface area (Å²) in [6.07, 6.45) is 1.85. The number of H-pyrrole nitrogens is 1. The number of aryl methyl sites for hydroxylation is 1. The number of amides is 2.